The van der Waals surface area contributed by atoms with E-state index in [-0.39, 0.29) is 35.8 Å². The van der Waals surface area contributed by atoms with Crippen LogP contribution in [-0.4, -0.2) is 63.1 Å². The molecular formula is C36H56O8. The zero-order valence-corrected chi connectivity index (χ0v) is 28.2. The van der Waals surface area contributed by atoms with Crippen molar-refractivity contribution in [3.63, 3.8) is 0 Å². The average molecular weight is 617 g/mol. The predicted molar refractivity (Wildman–Crippen MR) is 167 cm³/mol. The Morgan fingerprint density at radius 3 is 2.25 bits per heavy atom. The lowest BCUT2D eigenvalue weighted by atomic mass is 9.59. The molecule has 1 spiro atoms. The van der Waals surface area contributed by atoms with Crippen LogP contribution < -0.4 is 0 Å². The van der Waals surface area contributed by atoms with E-state index in [1.54, 1.807) is 26.0 Å². The third-order valence-corrected chi connectivity index (χ3v) is 11.9. The van der Waals surface area contributed by atoms with E-state index in [1.165, 1.54) is 25.7 Å². The predicted octanol–water partition coefficient (Wildman–Crippen LogP) is 5.46. The monoisotopic (exact) mass is 616 g/mol. The Hall–Kier alpha value is -2.03. The Morgan fingerprint density at radius 2 is 1.64 bits per heavy atom. The Morgan fingerprint density at radius 1 is 1.02 bits per heavy atom. The molecule has 8 nitrogen and oxygen atoms in total. The lowest BCUT2D eigenvalue weighted by Crippen LogP contribution is -2.65. The fourth-order valence-corrected chi connectivity index (χ4v) is 8.76. The summed E-state index contributed by atoms with van der Waals surface area (Å²) in [5.41, 5.74) is -4.80. The van der Waals surface area contributed by atoms with Gasteiger partial charge in [0.1, 0.15) is 30.0 Å². The van der Waals surface area contributed by atoms with Crippen LogP contribution in [0.1, 0.15) is 113 Å². The molecule has 9 atom stereocenters. The summed E-state index contributed by atoms with van der Waals surface area (Å²) in [6, 6.07) is 0. The van der Waals surface area contributed by atoms with Crippen LogP contribution in [0.25, 0.3) is 0 Å². The number of ether oxygens (including phenoxy) is 2. The molecule has 0 aromatic rings. The first-order valence-electron chi connectivity index (χ1n) is 17.0. The molecule has 4 aliphatic carbocycles. The maximum atomic E-state index is 14.7. The lowest BCUT2D eigenvalue weighted by Gasteiger charge is -2.48. The summed E-state index contributed by atoms with van der Waals surface area (Å²) in [6.07, 6.45) is 8.33. The van der Waals surface area contributed by atoms with E-state index >= 15 is 0 Å². The number of carbonyl (C=O) groups is 3. The normalized spacial score (nSPS) is 37.6. The largest absolute Gasteiger partial charge is 0.461 e. The fourth-order valence-electron chi connectivity index (χ4n) is 8.76. The van der Waals surface area contributed by atoms with Crippen LogP contribution in [0, 0.1) is 40.4 Å². The Labute approximate surface area is 263 Å². The number of Topliss-reactive ketones (excluding diaryl/α,β-unsaturated/α-hetero) is 1. The summed E-state index contributed by atoms with van der Waals surface area (Å²) >= 11 is 0. The number of rotatable bonds is 13. The molecule has 0 aromatic heterocycles. The molecule has 0 radical (unpaired) electrons. The number of unbranched alkanes of at least 4 members (excludes halogenated alkanes) is 6. The van der Waals surface area contributed by atoms with E-state index in [1.807, 2.05) is 34.6 Å². The minimum atomic E-state index is -2.27. The third kappa shape index (κ3) is 5.30. The number of aliphatic hydroxyl groups excluding tert-OH is 2. The molecule has 2 saturated carbocycles. The molecule has 44 heavy (non-hydrogen) atoms. The van der Waals surface area contributed by atoms with Crippen molar-refractivity contribution in [1.82, 2.24) is 0 Å². The van der Waals surface area contributed by atoms with Gasteiger partial charge >= 0.3 is 11.9 Å². The van der Waals surface area contributed by atoms with Gasteiger partial charge in [-0.05, 0) is 42.7 Å². The molecule has 248 valence electrons. The molecule has 4 rings (SSSR count). The Kier molecular flexibility index (Phi) is 10.0. The van der Waals surface area contributed by atoms with Crippen LogP contribution >= 0.6 is 0 Å². The van der Waals surface area contributed by atoms with Crippen molar-refractivity contribution in [1.29, 1.82) is 0 Å². The SMILES string of the molecule is CCCCCCCCCC(=O)O[C@@]12C[C@@H](C)C34C=C(C)C(O)C3(O)[C@H](O)C(COC(=O)C(C)C(C)C)=CC(C4=O)[C@H]1C2(C)C. The van der Waals surface area contributed by atoms with Gasteiger partial charge in [-0.15, -0.1) is 0 Å². The second-order valence-electron chi connectivity index (χ2n) is 15.2. The summed E-state index contributed by atoms with van der Waals surface area (Å²) in [5.74, 6) is -3.17. The molecule has 0 heterocycles. The van der Waals surface area contributed by atoms with Gasteiger partial charge in [-0.25, -0.2) is 0 Å². The number of allylic oxidation sites excluding steroid dienone is 1. The number of hydrogen-bond donors (Lipinski definition) is 3. The highest BCUT2D eigenvalue weighted by atomic mass is 16.6. The molecule has 0 saturated heterocycles. The molecule has 4 aliphatic rings. The van der Waals surface area contributed by atoms with Gasteiger partial charge in [0.2, 0.25) is 0 Å². The first-order valence-corrected chi connectivity index (χ1v) is 17.0. The van der Waals surface area contributed by atoms with Crippen LogP contribution in [0.5, 0.6) is 0 Å². The van der Waals surface area contributed by atoms with E-state index in [2.05, 4.69) is 6.92 Å². The van der Waals surface area contributed by atoms with Gasteiger partial charge in [0, 0.05) is 23.7 Å². The van der Waals surface area contributed by atoms with Crippen LogP contribution in [-0.2, 0) is 23.9 Å². The number of fused-ring (bicyclic) bond motifs is 3. The van der Waals surface area contributed by atoms with Crippen molar-refractivity contribution < 1.29 is 39.2 Å². The summed E-state index contributed by atoms with van der Waals surface area (Å²) in [6.45, 7) is 15.0. The first kappa shape index (κ1) is 34.8. The van der Waals surface area contributed by atoms with Crippen LogP contribution in [0.4, 0.5) is 0 Å². The van der Waals surface area contributed by atoms with Crippen molar-refractivity contribution in [2.45, 2.75) is 137 Å². The van der Waals surface area contributed by atoms with Gasteiger partial charge in [-0.1, -0.05) is 99.1 Å². The van der Waals surface area contributed by atoms with Gasteiger partial charge in [-0.3, -0.25) is 14.4 Å². The van der Waals surface area contributed by atoms with Crippen LogP contribution in [0.3, 0.4) is 0 Å². The van der Waals surface area contributed by atoms with Gasteiger partial charge in [0.25, 0.3) is 0 Å². The van der Waals surface area contributed by atoms with Gasteiger partial charge < -0.3 is 24.8 Å². The van der Waals surface area contributed by atoms with Crippen molar-refractivity contribution in [3.8, 4) is 0 Å². The molecule has 0 amide bonds. The summed E-state index contributed by atoms with van der Waals surface area (Å²) < 4.78 is 12.0. The zero-order chi connectivity index (χ0) is 32.8. The summed E-state index contributed by atoms with van der Waals surface area (Å²) in [7, 11) is 0. The second-order valence-corrected chi connectivity index (χ2v) is 15.2. The molecular weight excluding hydrogens is 560 g/mol. The second kappa shape index (κ2) is 12.6. The minimum Gasteiger partial charge on any atom is -0.461 e. The Balaban J connectivity index is 1.66. The van der Waals surface area contributed by atoms with E-state index in [0.717, 1.165) is 19.3 Å². The molecule has 5 unspecified atom stereocenters. The average Bonchev–Trinajstić information content (AvgIpc) is 3.37. The lowest BCUT2D eigenvalue weighted by molar-refractivity contribution is -0.192. The summed E-state index contributed by atoms with van der Waals surface area (Å²) in [4.78, 5) is 40.8. The molecule has 0 aliphatic heterocycles. The topological polar surface area (TPSA) is 130 Å². The number of carbonyl (C=O) groups excluding carboxylic acids is 3. The third-order valence-electron chi connectivity index (χ3n) is 11.9. The molecule has 2 bridgehead atoms. The highest BCUT2D eigenvalue weighted by molar-refractivity contribution is 5.96. The van der Waals surface area contributed by atoms with Crippen LogP contribution in [0.2, 0.25) is 0 Å². The number of ketones is 1. The molecule has 2 fully saturated rings. The van der Waals surface area contributed by atoms with Gasteiger partial charge in [-0.2, -0.15) is 0 Å². The number of esters is 2. The first-order chi connectivity index (χ1) is 20.5. The van der Waals surface area contributed by atoms with Gasteiger partial charge in [0.05, 0.1) is 11.3 Å². The Bertz CT molecular complexity index is 1180. The zero-order valence-electron chi connectivity index (χ0n) is 28.2. The van der Waals surface area contributed by atoms with Gasteiger partial charge in [0.15, 0.2) is 5.78 Å². The molecule has 0 aromatic carbocycles. The molecule has 8 heteroatoms. The standard InChI is InChI=1S/C36H56O8/c1-9-10-11-12-13-14-15-16-27(37)44-35-19-23(5)34-18-22(4)29(38)36(34,42)30(39)25(20-43-32(41)24(6)21(2)3)17-26(31(34)40)28(35)33(35,7)8/h17-18,21,23-24,26,28-30,38-39,42H,9-16,19-20H2,1-8H3/t23-,24?,26?,28+,29?,30-,34?,35+,36?/m1/s1. The number of hydrogen-bond acceptors (Lipinski definition) is 8. The van der Waals surface area contributed by atoms with Crippen molar-refractivity contribution in [3.05, 3.63) is 23.3 Å². The quantitative estimate of drug-likeness (QED) is 0.141. The smallest absolute Gasteiger partial charge is 0.309 e. The maximum absolute atomic E-state index is 14.7. The van der Waals surface area contributed by atoms with E-state index < -0.39 is 58.0 Å². The van der Waals surface area contributed by atoms with E-state index in [0.29, 0.717) is 18.4 Å². The van der Waals surface area contributed by atoms with E-state index in [4.69, 9.17) is 9.47 Å². The maximum Gasteiger partial charge on any atom is 0.309 e. The number of aliphatic hydroxyl groups is 3. The molecule has 3 N–H and O–H groups in total. The van der Waals surface area contributed by atoms with Crippen molar-refractivity contribution in [2.24, 2.45) is 40.4 Å². The highest BCUT2D eigenvalue weighted by Gasteiger charge is 2.83. The summed E-state index contributed by atoms with van der Waals surface area (Å²) in [5, 5.41) is 35.5. The van der Waals surface area contributed by atoms with Crippen molar-refractivity contribution >= 4 is 17.7 Å². The highest BCUT2D eigenvalue weighted by Crippen LogP contribution is 2.75. The van der Waals surface area contributed by atoms with Crippen molar-refractivity contribution in [2.75, 3.05) is 6.61 Å². The van der Waals surface area contributed by atoms with E-state index in [9.17, 15) is 29.7 Å². The van der Waals surface area contributed by atoms with Crippen LogP contribution in [0.15, 0.2) is 23.3 Å². The fraction of sp³-hybridized carbons (Fsp3) is 0.806. The minimum absolute atomic E-state index is 0.0419.